The van der Waals surface area contributed by atoms with Gasteiger partial charge in [-0.3, -0.25) is 0 Å². The van der Waals surface area contributed by atoms with Crippen molar-refractivity contribution in [2.75, 3.05) is 0 Å². The maximum atomic E-state index is 2.22. The van der Waals surface area contributed by atoms with Gasteiger partial charge in [0.2, 0.25) is 0 Å². The third-order valence-corrected chi connectivity index (χ3v) is 1.58. The fraction of sp³-hybridized carbons (Fsp3) is 0.273. The lowest BCUT2D eigenvalue weighted by atomic mass is 9.72. The molecule has 0 spiro atoms. The Bertz CT molecular complexity index is 254. The topological polar surface area (TPSA) is 0 Å². The van der Waals surface area contributed by atoms with Crippen LogP contribution < -0.4 is 0 Å². The first kappa shape index (κ1) is 9.12. The molecule has 0 amide bonds. The Morgan fingerprint density at radius 1 is 1.17 bits per heavy atom. The van der Waals surface area contributed by atoms with Gasteiger partial charge in [0.15, 0.2) is 0 Å². The third kappa shape index (κ3) is 3.43. The van der Waals surface area contributed by atoms with Gasteiger partial charge in [-0.15, -0.1) is 0 Å². The van der Waals surface area contributed by atoms with E-state index in [4.69, 9.17) is 0 Å². The minimum atomic E-state index is 0.274. The quantitative estimate of drug-likeness (QED) is 0.580. The van der Waals surface area contributed by atoms with Gasteiger partial charge in [0.05, 0.1) is 0 Å². The van der Waals surface area contributed by atoms with Gasteiger partial charge in [-0.25, -0.2) is 0 Å². The second-order valence-electron chi connectivity index (χ2n) is 4.11. The van der Waals surface area contributed by atoms with Gasteiger partial charge in [-0.2, -0.15) is 0 Å². The molecule has 0 unspecified atom stereocenters. The van der Waals surface area contributed by atoms with Crippen molar-refractivity contribution in [1.29, 1.82) is 0 Å². The molecule has 1 heteroatoms. The maximum absolute atomic E-state index is 2.22. The Morgan fingerprint density at radius 2 is 1.75 bits per heavy atom. The van der Waals surface area contributed by atoms with Crippen molar-refractivity contribution in [1.82, 2.24) is 0 Å². The summed E-state index contributed by atoms with van der Waals surface area (Å²) in [6.07, 6.45) is 4.39. The van der Waals surface area contributed by atoms with Gasteiger partial charge in [-0.05, 0) is 10.9 Å². The molecule has 0 aliphatic carbocycles. The van der Waals surface area contributed by atoms with Crippen molar-refractivity contribution in [3.05, 3.63) is 42.0 Å². The summed E-state index contributed by atoms with van der Waals surface area (Å²) >= 11 is 0. The molecule has 0 aromatic heterocycles. The largest absolute Gasteiger partial charge is 0.113 e. The summed E-state index contributed by atoms with van der Waals surface area (Å²) in [5.41, 5.74) is 1.27. The Hall–Kier alpha value is -0.975. The highest BCUT2D eigenvalue weighted by Gasteiger charge is 2.03. The van der Waals surface area contributed by atoms with Crippen molar-refractivity contribution in [3.8, 4) is 0 Å². The maximum Gasteiger partial charge on any atom is 0.113 e. The molecule has 1 aromatic rings. The zero-order valence-corrected chi connectivity index (χ0v) is 8.04. The molecule has 0 nitrogen and oxygen atoms in total. The summed E-state index contributed by atoms with van der Waals surface area (Å²) in [6.45, 7) is 4.40. The molecule has 0 saturated carbocycles. The molecule has 0 heterocycles. The molecule has 1 aromatic carbocycles. The fourth-order valence-electron chi connectivity index (χ4n) is 0.910. The molecule has 0 saturated heterocycles. The minimum absolute atomic E-state index is 0.274. The first-order valence-electron chi connectivity index (χ1n) is 4.32. The van der Waals surface area contributed by atoms with Crippen LogP contribution in [0.5, 0.6) is 0 Å². The molecule has 1 rings (SSSR count). The summed E-state index contributed by atoms with van der Waals surface area (Å²) < 4.78 is 0. The lowest BCUT2D eigenvalue weighted by Crippen LogP contribution is -1.95. The van der Waals surface area contributed by atoms with E-state index in [1.807, 2.05) is 6.07 Å². The van der Waals surface area contributed by atoms with Gasteiger partial charge in [0.25, 0.3) is 0 Å². The van der Waals surface area contributed by atoms with E-state index in [9.17, 15) is 0 Å². The van der Waals surface area contributed by atoms with E-state index in [0.29, 0.717) is 0 Å². The van der Waals surface area contributed by atoms with Crippen LogP contribution in [-0.4, -0.2) is 7.85 Å². The van der Waals surface area contributed by atoms with Crippen molar-refractivity contribution in [2.24, 2.45) is 0 Å². The molecular weight excluding hydrogens is 143 g/mol. The lowest BCUT2D eigenvalue weighted by Gasteiger charge is -2.10. The highest BCUT2D eigenvalue weighted by Crippen LogP contribution is 2.21. The number of rotatable bonds is 2. The molecule has 0 N–H and O–H groups in total. The number of allylic oxidation sites excluding steroid dienone is 1. The zero-order valence-electron chi connectivity index (χ0n) is 8.04. The van der Waals surface area contributed by atoms with Crippen LogP contribution in [0, 0.1) is 0 Å². The Morgan fingerprint density at radius 3 is 2.25 bits per heavy atom. The highest BCUT2D eigenvalue weighted by molar-refractivity contribution is 6.16. The van der Waals surface area contributed by atoms with Crippen LogP contribution in [0.2, 0.25) is 5.31 Å². The number of hydrogen-bond acceptors (Lipinski definition) is 0. The summed E-state index contributed by atoms with van der Waals surface area (Å²) in [5, 5.41) is 0.274. The van der Waals surface area contributed by atoms with E-state index in [1.165, 1.54) is 5.56 Å². The zero-order chi connectivity index (χ0) is 9.03. The van der Waals surface area contributed by atoms with E-state index >= 15 is 0 Å². The monoisotopic (exact) mass is 158 g/mol. The fourth-order valence-corrected chi connectivity index (χ4v) is 0.910. The first-order chi connectivity index (χ1) is 5.58. The van der Waals surface area contributed by atoms with Crippen molar-refractivity contribution in [2.45, 2.75) is 19.2 Å². The average Bonchev–Trinajstić information content (AvgIpc) is 2.02. The van der Waals surface area contributed by atoms with Crippen LogP contribution in [0.3, 0.4) is 0 Å². The van der Waals surface area contributed by atoms with Crippen LogP contribution in [0.15, 0.2) is 36.4 Å². The Kier molecular flexibility index (Phi) is 2.75. The van der Waals surface area contributed by atoms with Crippen LogP contribution in [0.4, 0.5) is 0 Å². The predicted molar refractivity (Wildman–Crippen MR) is 58.1 cm³/mol. The van der Waals surface area contributed by atoms with E-state index in [0.717, 1.165) is 0 Å². The smallest absolute Gasteiger partial charge is 0.0863 e. The van der Waals surface area contributed by atoms with Crippen LogP contribution >= 0.6 is 0 Å². The van der Waals surface area contributed by atoms with Crippen molar-refractivity contribution in [3.63, 3.8) is 0 Å². The van der Waals surface area contributed by atoms with E-state index in [-0.39, 0.29) is 5.31 Å². The van der Waals surface area contributed by atoms with Gasteiger partial charge in [0, 0.05) is 0 Å². The number of hydrogen-bond donors (Lipinski definition) is 0. The van der Waals surface area contributed by atoms with E-state index in [1.54, 1.807) is 0 Å². The molecule has 0 radical (unpaired) electrons. The van der Waals surface area contributed by atoms with Crippen molar-refractivity contribution < 1.29 is 0 Å². The normalized spacial score (nSPS) is 12.2. The summed E-state index contributed by atoms with van der Waals surface area (Å²) in [5.74, 6) is 0. The SMILES string of the molecule is BC(C)(C)/C=C/c1ccccc1. The molecule has 0 atom stereocenters. The minimum Gasteiger partial charge on any atom is -0.0863 e. The predicted octanol–water partition coefficient (Wildman–Crippen LogP) is 2.53. The summed E-state index contributed by atoms with van der Waals surface area (Å²) in [7, 11) is 2.20. The second-order valence-corrected chi connectivity index (χ2v) is 4.11. The third-order valence-electron chi connectivity index (χ3n) is 1.58. The standard InChI is InChI=1S/C11H15B/c1-11(2,12)9-8-10-6-4-3-5-7-10/h3-9H,12H2,1-2H3/b9-8+. The van der Waals surface area contributed by atoms with Gasteiger partial charge in [0.1, 0.15) is 7.85 Å². The van der Waals surface area contributed by atoms with Crippen molar-refractivity contribution >= 4 is 13.9 Å². The molecule has 12 heavy (non-hydrogen) atoms. The van der Waals surface area contributed by atoms with E-state index < -0.39 is 0 Å². The second kappa shape index (κ2) is 3.62. The lowest BCUT2D eigenvalue weighted by molar-refractivity contribution is 0.866. The highest BCUT2D eigenvalue weighted by atomic mass is 14.0. The molecule has 62 valence electrons. The van der Waals surface area contributed by atoms with Gasteiger partial charge < -0.3 is 0 Å². The summed E-state index contributed by atoms with van der Waals surface area (Å²) in [4.78, 5) is 0. The molecule has 0 bridgehead atoms. The van der Waals surface area contributed by atoms with Crippen LogP contribution in [-0.2, 0) is 0 Å². The molecule has 0 fully saturated rings. The van der Waals surface area contributed by atoms with E-state index in [2.05, 4.69) is 58.1 Å². The van der Waals surface area contributed by atoms with Crippen LogP contribution in [0.25, 0.3) is 6.08 Å². The number of benzene rings is 1. The molecule has 0 aliphatic rings. The molecular formula is C11H15B. The molecule has 0 aliphatic heterocycles. The summed E-state index contributed by atoms with van der Waals surface area (Å²) in [6, 6.07) is 10.4. The van der Waals surface area contributed by atoms with Gasteiger partial charge >= 0.3 is 0 Å². The Balaban J connectivity index is 2.71. The average molecular weight is 158 g/mol. The van der Waals surface area contributed by atoms with Gasteiger partial charge in [-0.1, -0.05) is 56.3 Å². The Labute approximate surface area is 75.7 Å². The first-order valence-corrected chi connectivity index (χ1v) is 4.32. The van der Waals surface area contributed by atoms with Crippen LogP contribution in [0.1, 0.15) is 19.4 Å².